The number of nitrogens with zero attached hydrogens (tertiary/aromatic N) is 1. The summed E-state index contributed by atoms with van der Waals surface area (Å²) in [5.41, 5.74) is 2.16. The van der Waals surface area contributed by atoms with Crippen LogP contribution in [0.25, 0.3) is 11.3 Å². The molecule has 2 aromatic rings. The zero-order valence-corrected chi connectivity index (χ0v) is 11.2. The average molecular weight is 274 g/mol. The molecule has 1 aromatic heterocycles. The second kappa shape index (κ2) is 4.59. The molecule has 0 aliphatic carbocycles. The highest BCUT2D eigenvalue weighted by Crippen LogP contribution is 2.40. The zero-order valence-electron chi connectivity index (χ0n) is 10.4. The smallest absolute Gasteiger partial charge is 0.129 e. The van der Waals surface area contributed by atoms with Gasteiger partial charge < -0.3 is 14.8 Å². The van der Waals surface area contributed by atoms with E-state index in [4.69, 9.17) is 14.5 Å². The summed E-state index contributed by atoms with van der Waals surface area (Å²) < 4.78 is 11.5. The van der Waals surface area contributed by atoms with Crippen LogP contribution in [0.15, 0.2) is 24.3 Å². The molecule has 1 atom stereocenters. The Morgan fingerprint density at radius 2 is 2.26 bits per heavy atom. The third kappa shape index (κ3) is 1.94. The van der Waals surface area contributed by atoms with E-state index in [1.807, 2.05) is 18.2 Å². The highest BCUT2D eigenvalue weighted by molar-refractivity contribution is 7.12. The molecule has 0 radical (unpaired) electrons. The number of nitrogens with one attached hydrogen (secondary N) is 1. The van der Waals surface area contributed by atoms with Gasteiger partial charge in [-0.05, 0) is 12.1 Å². The Balaban J connectivity index is 1.74. The topological polar surface area (TPSA) is 43.4 Å². The number of benzene rings is 1. The Bertz CT molecular complexity index is 605. The third-order valence-electron chi connectivity index (χ3n) is 3.42. The number of rotatable bonds is 1. The van der Waals surface area contributed by atoms with E-state index in [0.717, 1.165) is 41.7 Å². The predicted molar refractivity (Wildman–Crippen MR) is 73.4 cm³/mol. The zero-order chi connectivity index (χ0) is 12.7. The quantitative estimate of drug-likeness (QED) is 0.867. The van der Waals surface area contributed by atoms with E-state index in [1.54, 1.807) is 11.3 Å². The van der Waals surface area contributed by atoms with Gasteiger partial charge in [0, 0.05) is 18.7 Å². The van der Waals surface area contributed by atoms with Crippen LogP contribution in [0.4, 0.5) is 0 Å². The van der Waals surface area contributed by atoms with Gasteiger partial charge in [-0.15, -0.1) is 11.3 Å². The van der Waals surface area contributed by atoms with Crippen molar-refractivity contribution in [1.29, 1.82) is 0 Å². The van der Waals surface area contributed by atoms with Crippen molar-refractivity contribution in [3.05, 3.63) is 34.2 Å². The molecule has 1 N–H and O–H groups in total. The molecule has 0 amide bonds. The molecule has 1 aromatic carbocycles. The van der Waals surface area contributed by atoms with Crippen molar-refractivity contribution in [3.8, 4) is 17.0 Å². The molecule has 1 unspecified atom stereocenters. The molecule has 98 valence electrons. The average Bonchev–Trinajstić information content (AvgIpc) is 2.93. The van der Waals surface area contributed by atoms with Crippen LogP contribution in [0.1, 0.15) is 16.0 Å². The molecule has 3 heterocycles. The number of hydrogen-bond acceptors (Lipinski definition) is 5. The van der Waals surface area contributed by atoms with Crippen molar-refractivity contribution in [3.63, 3.8) is 0 Å². The summed E-state index contributed by atoms with van der Waals surface area (Å²) in [5, 5.41) is 4.40. The lowest BCUT2D eigenvalue weighted by atomic mass is 10.1. The lowest BCUT2D eigenvalue weighted by Gasteiger charge is -2.21. The minimum Gasteiger partial charge on any atom is -0.487 e. The standard InChI is InChI=1S/C14H14N2O2S/c1-2-4-10-9(3-1)13-12(8-18-10)19-14(16-13)11-7-15-5-6-17-11/h1-4,11,15H,5-8H2. The fourth-order valence-corrected chi connectivity index (χ4v) is 3.51. The normalized spacial score (nSPS) is 21.4. The molecule has 1 saturated heterocycles. The maximum Gasteiger partial charge on any atom is 0.129 e. The highest BCUT2D eigenvalue weighted by Gasteiger charge is 2.26. The molecule has 4 nitrogen and oxygen atoms in total. The Morgan fingerprint density at radius 1 is 1.32 bits per heavy atom. The van der Waals surface area contributed by atoms with Gasteiger partial charge in [0.25, 0.3) is 0 Å². The SMILES string of the molecule is c1ccc2c(c1)OCc1sc(C3CNCCO3)nc1-2. The van der Waals surface area contributed by atoms with E-state index < -0.39 is 0 Å². The van der Waals surface area contributed by atoms with Crippen LogP contribution in [-0.4, -0.2) is 24.7 Å². The number of hydrogen-bond donors (Lipinski definition) is 1. The van der Waals surface area contributed by atoms with E-state index in [-0.39, 0.29) is 6.10 Å². The predicted octanol–water partition coefficient (Wildman–Crippen LogP) is 2.36. The minimum absolute atomic E-state index is 0.0801. The number of morpholine rings is 1. The monoisotopic (exact) mass is 274 g/mol. The number of para-hydroxylation sites is 1. The lowest BCUT2D eigenvalue weighted by Crippen LogP contribution is -2.33. The van der Waals surface area contributed by atoms with Gasteiger partial charge in [-0.2, -0.15) is 0 Å². The van der Waals surface area contributed by atoms with E-state index >= 15 is 0 Å². The van der Waals surface area contributed by atoms with Gasteiger partial charge in [-0.1, -0.05) is 12.1 Å². The number of ether oxygens (including phenoxy) is 2. The molecule has 0 bridgehead atoms. The first-order chi connectivity index (χ1) is 9.42. The Labute approximate surface area is 115 Å². The lowest BCUT2D eigenvalue weighted by molar-refractivity contribution is 0.0276. The van der Waals surface area contributed by atoms with Crippen LogP contribution in [-0.2, 0) is 11.3 Å². The molecule has 2 aliphatic heterocycles. The third-order valence-corrected chi connectivity index (χ3v) is 4.54. The molecule has 2 aliphatic rings. The molecule has 5 heteroatoms. The van der Waals surface area contributed by atoms with Crippen LogP contribution in [0.2, 0.25) is 0 Å². The van der Waals surface area contributed by atoms with E-state index in [1.165, 1.54) is 4.88 Å². The molecule has 0 saturated carbocycles. The molecule has 4 rings (SSSR count). The fraction of sp³-hybridized carbons (Fsp3) is 0.357. The molecule has 1 fully saturated rings. The van der Waals surface area contributed by atoms with Crippen LogP contribution in [0.5, 0.6) is 5.75 Å². The summed E-state index contributed by atoms with van der Waals surface area (Å²) in [4.78, 5) is 5.99. The van der Waals surface area contributed by atoms with Crippen molar-refractivity contribution in [1.82, 2.24) is 10.3 Å². The Morgan fingerprint density at radius 3 is 3.16 bits per heavy atom. The maximum atomic E-state index is 5.77. The summed E-state index contributed by atoms with van der Waals surface area (Å²) in [6.45, 7) is 3.13. The van der Waals surface area contributed by atoms with Crippen LogP contribution in [0.3, 0.4) is 0 Å². The summed E-state index contributed by atoms with van der Waals surface area (Å²) in [5.74, 6) is 0.925. The second-order valence-electron chi connectivity index (χ2n) is 4.67. The molecular weight excluding hydrogens is 260 g/mol. The Kier molecular flexibility index (Phi) is 2.76. The number of fused-ring (bicyclic) bond motifs is 3. The first-order valence-corrected chi connectivity index (χ1v) is 7.27. The molecular formula is C14H14N2O2S. The maximum absolute atomic E-state index is 5.77. The van der Waals surface area contributed by atoms with E-state index in [0.29, 0.717) is 6.61 Å². The van der Waals surface area contributed by atoms with Gasteiger partial charge in [0.2, 0.25) is 0 Å². The number of thiazole rings is 1. The first kappa shape index (κ1) is 11.4. The summed E-state index contributed by atoms with van der Waals surface area (Å²) in [6, 6.07) is 8.08. The van der Waals surface area contributed by atoms with Gasteiger partial charge in [0.1, 0.15) is 23.5 Å². The van der Waals surface area contributed by atoms with Crippen molar-refractivity contribution >= 4 is 11.3 Å². The van der Waals surface area contributed by atoms with Gasteiger partial charge in [-0.25, -0.2) is 4.98 Å². The van der Waals surface area contributed by atoms with Crippen molar-refractivity contribution < 1.29 is 9.47 Å². The van der Waals surface area contributed by atoms with Gasteiger partial charge in [0.15, 0.2) is 0 Å². The summed E-state index contributed by atoms with van der Waals surface area (Å²) >= 11 is 1.70. The van der Waals surface area contributed by atoms with Gasteiger partial charge in [0.05, 0.1) is 17.2 Å². The van der Waals surface area contributed by atoms with Crippen molar-refractivity contribution in [2.45, 2.75) is 12.7 Å². The molecule has 0 spiro atoms. The van der Waals surface area contributed by atoms with Crippen molar-refractivity contribution in [2.75, 3.05) is 19.7 Å². The van der Waals surface area contributed by atoms with Crippen molar-refractivity contribution in [2.24, 2.45) is 0 Å². The summed E-state index contributed by atoms with van der Waals surface area (Å²) in [6.07, 6.45) is 0.0801. The highest BCUT2D eigenvalue weighted by atomic mass is 32.1. The van der Waals surface area contributed by atoms with E-state index in [2.05, 4.69) is 11.4 Å². The van der Waals surface area contributed by atoms with Crippen LogP contribution >= 0.6 is 11.3 Å². The molecule has 19 heavy (non-hydrogen) atoms. The van der Waals surface area contributed by atoms with Crippen LogP contribution < -0.4 is 10.1 Å². The summed E-state index contributed by atoms with van der Waals surface area (Å²) in [7, 11) is 0. The largest absolute Gasteiger partial charge is 0.487 e. The minimum atomic E-state index is 0.0801. The Hall–Kier alpha value is -1.43. The van der Waals surface area contributed by atoms with Crippen LogP contribution in [0, 0.1) is 0 Å². The first-order valence-electron chi connectivity index (χ1n) is 6.46. The van der Waals surface area contributed by atoms with Gasteiger partial charge >= 0.3 is 0 Å². The van der Waals surface area contributed by atoms with Gasteiger partial charge in [-0.3, -0.25) is 0 Å². The number of aromatic nitrogens is 1. The second-order valence-corrected chi connectivity index (χ2v) is 5.79. The fourth-order valence-electron chi connectivity index (χ4n) is 2.47. The van der Waals surface area contributed by atoms with E-state index in [9.17, 15) is 0 Å².